The Labute approximate surface area is 219 Å². The van der Waals surface area contributed by atoms with E-state index in [4.69, 9.17) is 12.2 Å². The molecule has 0 bridgehead atoms. The summed E-state index contributed by atoms with van der Waals surface area (Å²) < 4.78 is 15.5. The smallest absolute Gasteiger partial charge is 0.266 e. The van der Waals surface area contributed by atoms with E-state index in [9.17, 15) is 14.0 Å². The average Bonchev–Trinajstić information content (AvgIpc) is 3.14. The van der Waals surface area contributed by atoms with E-state index in [1.54, 1.807) is 22.8 Å². The fourth-order valence-corrected chi connectivity index (χ4v) is 6.00. The molecule has 3 aromatic rings. The van der Waals surface area contributed by atoms with Gasteiger partial charge < -0.3 is 14.4 Å². The lowest BCUT2D eigenvalue weighted by Crippen LogP contribution is -2.45. The number of carbonyl (C=O) groups excluding carboxylic acids is 1. The van der Waals surface area contributed by atoms with Crippen LogP contribution in [-0.4, -0.2) is 57.8 Å². The number of carbonyl (C=O) groups is 1. The van der Waals surface area contributed by atoms with E-state index in [2.05, 4.69) is 16.8 Å². The van der Waals surface area contributed by atoms with Crippen LogP contribution in [0.2, 0.25) is 0 Å². The van der Waals surface area contributed by atoms with E-state index >= 15 is 0 Å². The predicted octanol–water partition coefficient (Wildman–Crippen LogP) is 4.31. The molecule has 2 aliphatic rings. The molecule has 2 aromatic carbocycles. The van der Waals surface area contributed by atoms with Crippen LogP contribution in [0.1, 0.15) is 18.1 Å². The molecule has 0 aliphatic carbocycles. The molecule has 0 atom stereocenters. The number of fused-ring (bicyclic) bond motifs is 1. The Kier molecular flexibility index (Phi) is 6.96. The molecule has 1 amide bonds. The zero-order valence-corrected chi connectivity index (χ0v) is 21.9. The molecule has 9 heteroatoms. The molecular formula is C27H27FN4O2S2. The molecule has 2 aliphatic heterocycles. The fraction of sp³-hybridized carbons (Fsp3) is 0.296. The number of aryl methyl sites for hydroxylation is 1. The second kappa shape index (κ2) is 10.2. The Hall–Kier alpha value is -3.01. The number of halogens is 1. The van der Waals surface area contributed by atoms with Crippen LogP contribution >= 0.6 is 24.0 Å². The van der Waals surface area contributed by atoms with Crippen LogP contribution in [0.5, 0.6) is 0 Å². The molecule has 36 heavy (non-hydrogen) atoms. The highest BCUT2D eigenvalue weighted by atomic mass is 32.2. The Morgan fingerprint density at radius 1 is 1.03 bits per heavy atom. The molecule has 3 heterocycles. The van der Waals surface area contributed by atoms with Crippen molar-refractivity contribution in [2.24, 2.45) is 0 Å². The lowest BCUT2D eigenvalue weighted by Gasteiger charge is -2.35. The SMILES string of the molecule is CCn1c(=O)c(C=C2SC(=S)N(Cc3ccc(F)cc3)C2=O)c(N2CCN(C)CC2)c2ccccc21. The second-order valence-electron chi connectivity index (χ2n) is 9.01. The third kappa shape index (κ3) is 4.58. The van der Waals surface area contributed by atoms with Gasteiger partial charge in [0, 0.05) is 38.1 Å². The van der Waals surface area contributed by atoms with E-state index in [-0.39, 0.29) is 23.8 Å². The standard InChI is InChI=1S/C27H27FN4O2S2/c1-3-31-22-7-5-4-6-20(22)24(30-14-12-29(2)13-15-30)21(25(31)33)16-23-26(34)32(27(35)36-23)17-18-8-10-19(28)11-9-18/h4-11,16H,3,12-15,17H2,1-2H3. The van der Waals surface area contributed by atoms with Gasteiger partial charge in [-0.1, -0.05) is 54.3 Å². The number of anilines is 1. The second-order valence-corrected chi connectivity index (χ2v) is 10.7. The summed E-state index contributed by atoms with van der Waals surface area (Å²) >= 11 is 6.72. The number of likely N-dealkylation sites (N-methyl/N-ethyl adjacent to an activating group) is 1. The summed E-state index contributed by atoms with van der Waals surface area (Å²) in [4.78, 5) is 33.7. The van der Waals surface area contributed by atoms with Crippen molar-refractivity contribution in [2.45, 2.75) is 20.0 Å². The molecule has 0 unspecified atom stereocenters. The number of hydrogen-bond acceptors (Lipinski definition) is 6. The largest absolute Gasteiger partial charge is 0.368 e. The van der Waals surface area contributed by atoms with Gasteiger partial charge in [-0.05, 0) is 43.8 Å². The highest BCUT2D eigenvalue weighted by Crippen LogP contribution is 2.37. The van der Waals surface area contributed by atoms with Crippen molar-refractivity contribution in [3.8, 4) is 0 Å². The van der Waals surface area contributed by atoms with E-state index in [0.29, 0.717) is 21.3 Å². The monoisotopic (exact) mass is 522 g/mol. The van der Waals surface area contributed by atoms with E-state index in [0.717, 1.165) is 48.3 Å². The fourth-order valence-electron chi connectivity index (χ4n) is 4.76. The lowest BCUT2D eigenvalue weighted by molar-refractivity contribution is -0.122. The average molecular weight is 523 g/mol. The van der Waals surface area contributed by atoms with Crippen LogP contribution in [-0.2, 0) is 17.9 Å². The van der Waals surface area contributed by atoms with Gasteiger partial charge in [0.1, 0.15) is 10.1 Å². The number of aromatic nitrogens is 1. The van der Waals surface area contributed by atoms with Crippen LogP contribution in [0.3, 0.4) is 0 Å². The predicted molar refractivity (Wildman–Crippen MR) is 149 cm³/mol. The van der Waals surface area contributed by atoms with Gasteiger partial charge in [0.05, 0.1) is 28.2 Å². The first-order chi connectivity index (χ1) is 17.4. The molecule has 1 aromatic heterocycles. The molecule has 0 radical (unpaired) electrons. The van der Waals surface area contributed by atoms with Gasteiger partial charge in [-0.15, -0.1) is 0 Å². The minimum atomic E-state index is -0.330. The van der Waals surface area contributed by atoms with E-state index in [1.165, 1.54) is 28.8 Å². The highest BCUT2D eigenvalue weighted by Gasteiger charge is 2.33. The normalized spacial score (nSPS) is 18.1. The van der Waals surface area contributed by atoms with Crippen LogP contribution in [0.4, 0.5) is 10.1 Å². The molecule has 5 rings (SSSR count). The highest BCUT2D eigenvalue weighted by molar-refractivity contribution is 8.26. The molecule has 2 fully saturated rings. The number of thioether (sulfide) groups is 1. The first kappa shape index (κ1) is 24.7. The summed E-state index contributed by atoms with van der Waals surface area (Å²) in [6.07, 6.45) is 1.72. The first-order valence-electron chi connectivity index (χ1n) is 12.0. The zero-order valence-electron chi connectivity index (χ0n) is 20.2. The van der Waals surface area contributed by atoms with Gasteiger partial charge in [0.2, 0.25) is 0 Å². The first-order valence-corrected chi connectivity index (χ1v) is 13.2. The van der Waals surface area contributed by atoms with Gasteiger partial charge in [0.15, 0.2) is 0 Å². The minimum Gasteiger partial charge on any atom is -0.368 e. The molecule has 186 valence electrons. The number of pyridine rings is 1. The number of piperazine rings is 1. The summed E-state index contributed by atoms with van der Waals surface area (Å²) in [5.41, 5.74) is 2.94. The molecule has 2 saturated heterocycles. The summed E-state index contributed by atoms with van der Waals surface area (Å²) in [6.45, 7) is 6.11. The van der Waals surface area contributed by atoms with E-state index in [1.807, 2.05) is 31.2 Å². The Morgan fingerprint density at radius 2 is 1.72 bits per heavy atom. The minimum absolute atomic E-state index is 0.117. The maximum atomic E-state index is 13.8. The summed E-state index contributed by atoms with van der Waals surface area (Å²) in [5.74, 6) is -0.571. The maximum absolute atomic E-state index is 13.8. The van der Waals surface area contributed by atoms with Crippen molar-refractivity contribution in [3.05, 3.63) is 80.7 Å². The number of nitrogens with zero attached hydrogens (tertiary/aromatic N) is 4. The Morgan fingerprint density at radius 3 is 2.42 bits per heavy atom. The van der Waals surface area contributed by atoms with Crippen molar-refractivity contribution in [1.29, 1.82) is 0 Å². The molecule has 6 nitrogen and oxygen atoms in total. The van der Waals surface area contributed by atoms with Gasteiger partial charge >= 0.3 is 0 Å². The van der Waals surface area contributed by atoms with Crippen molar-refractivity contribution < 1.29 is 9.18 Å². The number of para-hydroxylation sites is 1. The van der Waals surface area contributed by atoms with Gasteiger partial charge in [-0.25, -0.2) is 4.39 Å². The number of benzene rings is 2. The third-order valence-corrected chi connectivity index (χ3v) is 8.10. The number of amides is 1. The van der Waals surface area contributed by atoms with Gasteiger partial charge in [-0.2, -0.15) is 0 Å². The van der Waals surface area contributed by atoms with Gasteiger partial charge in [-0.3, -0.25) is 14.5 Å². The van der Waals surface area contributed by atoms with E-state index < -0.39 is 0 Å². The van der Waals surface area contributed by atoms with Crippen LogP contribution in [0.15, 0.2) is 58.2 Å². The van der Waals surface area contributed by atoms with Crippen molar-refractivity contribution in [3.63, 3.8) is 0 Å². The molecule has 0 saturated carbocycles. The molecule has 0 spiro atoms. The van der Waals surface area contributed by atoms with Gasteiger partial charge in [0.25, 0.3) is 11.5 Å². The molecular weight excluding hydrogens is 495 g/mol. The van der Waals surface area contributed by atoms with Crippen molar-refractivity contribution in [1.82, 2.24) is 14.4 Å². The summed E-state index contributed by atoms with van der Waals surface area (Å²) in [6, 6.07) is 14.0. The van der Waals surface area contributed by atoms with Crippen molar-refractivity contribution in [2.75, 3.05) is 38.1 Å². The zero-order chi connectivity index (χ0) is 25.4. The van der Waals surface area contributed by atoms with Crippen LogP contribution in [0.25, 0.3) is 17.0 Å². The topological polar surface area (TPSA) is 48.8 Å². The quantitative estimate of drug-likeness (QED) is 0.368. The van der Waals surface area contributed by atoms with Crippen molar-refractivity contribution >= 4 is 56.9 Å². The molecule has 0 N–H and O–H groups in total. The third-order valence-electron chi connectivity index (χ3n) is 6.72. The van der Waals surface area contributed by atoms with Crippen LogP contribution in [0, 0.1) is 5.82 Å². The summed E-state index contributed by atoms with van der Waals surface area (Å²) in [5, 5.41) is 0.997. The Balaban J connectivity index is 1.60. The maximum Gasteiger partial charge on any atom is 0.266 e. The number of hydrogen-bond donors (Lipinski definition) is 0. The number of rotatable bonds is 5. The summed E-state index contributed by atoms with van der Waals surface area (Å²) in [7, 11) is 2.10. The Bertz CT molecular complexity index is 1430. The lowest BCUT2D eigenvalue weighted by atomic mass is 10.0. The van der Waals surface area contributed by atoms with Crippen LogP contribution < -0.4 is 10.5 Å². The number of thiocarbonyl (C=S) groups is 1.